The van der Waals surface area contributed by atoms with Crippen LogP contribution in [0.2, 0.25) is 0 Å². The highest BCUT2D eigenvalue weighted by Gasteiger charge is 2.32. The molecule has 0 radical (unpaired) electrons. The zero-order valence-electron chi connectivity index (χ0n) is 13.6. The zero-order valence-corrected chi connectivity index (χ0v) is 13.6. The Morgan fingerprint density at radius 2 is 1.62 bits per heavy atom. The second-order valence-corrected chi connectivity index (χ2v) is 7.05. The van der Waals surface area contributed by atoms with Crippen molar-refractivity contribution in [1.29, 1.82) is 0 Å². The fourth-order valence-corrected chi connectivity index (χ4v) is 3.43. The molecule has 1 N–H and O–H groups in total. The minimum atomic E-state index is 0.125. The predicted octanol–water partition coefficient (Wildman–Crippen LogP) is 2.58. The van der Waals surface area contributed by atoms with Gasteiger partial charge in [0.15, 0.2) is 0 Å². The molecule has 21 heavy (non-hydrogen) atoms. The number of carbonyl (C=O) groups is 2. The van der Waals surface area contributed by atoms with E-state index in [0.29, 0.717) is 11.8 Å². The van der Waals surface area contributed by atoms with E-state index < -0.39 is 0 Å². The largest absolute Gasteiger partial charge is 0.356 e. The molecule has 4 heteroatoms. The van der Waals surface area contributed by atoms with E-state index in [-0.39, 0.29) is 17.7 Å². The SMILES string of the molecule is CC(C)CCNC(=O)C1CCC(C(=O)N2CCCC2)CC1. The Bertz CT molecular complexity index is 354. The highest BCUT2D eigenvalue weighted by Crippen LogP contribution is 2.31. The fourth-order valence-electron chi connectivity index (χ4n) is 3.43. The standard InChI is InChI=1S/C17H30N2O2/c1-13(2)9-10-18-16(20)14-5-7-15(8-6-14)17(21)19-11-3-4-12-19/h13-15H,3-12H2,1-2H3,(H,18,20). The number of likely N-dealkylation sites (tertiary alicyclic amines) is 1. The predicted molar refractivity (Wildman–Crippen MR) is 83.7 cm³/mol. The molecule has 0 atom stereocenters. The van der Waals surface area contributed by atoms with Crippen LogP contribution in [0.1, 0.15) is 58.8 Å². The summed E-state index contributed by atoms with van der Waals surface area (Å²) in [6.07, 6.45) is 6.86. The number of nitrogens with one attached hydrogen (secondary N) is 1. The molecule has 1 saturated carbocycles. The molecule has 1 aliphatic carbocycles. The molecule has 0 unspecified atom stereocenters. The van der Waals surface area contributed by atoms with Gasteiger partial charge in [-0.15, -0.1) is 0 Å². The van der Waals surface area contributed by atoms with Crippen molar-refractivity contribution in [3.8, 4) is 0 Å². The monoisotopic (exact) mass is 294 g/mol. The van der Waals surface area contributed by atoms with Crippen LogP contribution < -0.4 is 5.32 Å². The average Bonchev–Trinajstić information content (AvgIpc) is 3.00. The molecule has 1 saturated heterocycles. The number of amides is 2. The maximum atomic E-state index is 12.3. The number of hydrogen-bond acceptors (Lipinski definition) is 2. The van der Waals surface area contributed by atoms with Crippen LogP contribution in [0.15, 0.2) is 0 Å². The Morgan fingerprint density at radius 3 is 2.19 bits per heavy atom. The van der Waals surface area contributed by atoms with E-state index in [1.807, 2.05) is 4.90 Å². The summed E-state index contributed by atoms with van der Waals surface area (Å²) in [5.74, 6) is 1.45. The summed E-state index contributed by atoms with van der Waals surface area (Å²) in [4.78, 5) is 26.5. The Morgan fingerprint density at radius 1 is 1.05 bits per heavy atom. The van der Waals surface area contributed by atoms with Crippen LogP contribution in [0.4, 0.5) is 0 Å². The number of nitrogens with zero attached hydrogens (tertiary/aromatic N) is 1. The zero-order chi connectivity index (χ0) is 15.2. The minimum Gasteiger partial charge on any atom is -0.356 e. The van der Waals surface area contributed by atoms with E-state index in [4.69, 9.17) is 0 Å². The lowest BCUT2D eigenvalue weighted by atomic mass is 9.81. The number of carbonyl (C=O) groups excluding carboxylic acids is 2. The van der Waals surface area contributed by atoms with Crippen LogP contribution in [0.5, 0.6) is 0 Å². The minimum absolute atomic E-state index is 0.125. The van der Waals surface area contributed by atoms with Crippen LogP contribution in [-0.2, 0) is 9.59 Å². The van der Waals surface area contributed by atoms with E-state index in [2.05, 4.69) is 19.2 Å². The summed E-state index contributed by atoms with van der Waals surface area (Å²) in [5.41, 5.74) is 0. The second kappa shape index (κ2) is 7.81. The van der Waals surface area contributed by atoms with Gasteiger partial charge in [-0.1, -0.05) is 13.8 Å². The van der Waals surface area contributed by atoms with Crippen LogP contribution in [0, 0.1) is 17.8 Å². The first-order valence-electron chi connectivity index (χ1n) is 8.64. The van der Waals surface area contributed by atoms with Crippen LogP contribution in [0.25, 0.3) is 0 Å². The Labute approximate surface area is 128 Å². The average molecular weight is 294 g/mol. The van der Waals surface area contributed by atoms with Crippen molar-refractivity contribution in [1.82, 2.24) is 10.2 Å². The summed E-state index contributed by atoms with van der Waals surface area (Å²) >= 11 is 0. The van der Waals surface area contributed by atoms with Gasteiger partial charge in [-0.2, -0.15) is 0 Å². The van der Waals surface area contributed by atoms with E-state index in [0.717, 1.165) is 64.6 Å². The highest BCUT2D eigenvalue weighted by atomic mass is 16.2. The number of hydrogen-bond donors (Lipinski definition) is 1. The lowest BCUT2D eigenvalue weighted by Gasteiger charge is -2.29. The third kappa shape index (κ3) is 4.72. The molecule has 2 rings (SSSR count). The Balaban J connectivity index is 1.69. The van der Waals surface area contributed by atoms with Gasteiger partial charge in [-0.3, -0.25) is 9.59 Å². The third-order valence-corrected chi connectivity index (χ3v) is 4.89. The molecular formula is C17H30N2O2. The molecule has 0 aromatic heterocycles. The van der Waals surface area contributed by atoms with E-state index >= 15 is 0 Å². The van der Waals surface area contributed by atoms with Gasteiger partial charge in [0.05, 0.1) is 0 Å². The molecule has 0 bridgehead atoms. The maximum absolute atomic E-state index is 12.3. The van der Waals surface area contributed by atoms with Crippen molar-refractivity contribution in [2.24, 2.45) is 17.8 Å². The van der Waals surface area contributed by atoms with Crippen molar-refractivity contribution >= 4 is 11.8 Å². The van der Waals surface area contributed by atoms with E-state index in [1.165, 1.54) is 0 Å². The summed E-state index contributed by atoms with van der Waals surface area (Å²) in [5, 5.41) is 3.05. The first-order valence-corrected chi connectivity index (χ1v) is 8.64. The van der Waals surface area contributed by atoms with Crippen molar-refractivity contribution < 1.29 is 9.59 Å². The van der Waals surface area contributed by atoms with Gasteiger partial charge in [0.2, 0.25) is 11.8 Å². The lowest BCUT2D eigenvalue weighted by molar-refractivity contribution is -0.137. The van der Waals surface area contributed by atoms with Crippen molar-refractivity contribution in [2.45, 2.75) is 58.8 Å². The molecule has 2 fully saturated rings. The van der Waals surface area contributed by atoms with Crippen molar-refractivity contribution in [2.75, 3.05) is 19.6 Å². The summed E-state index contributed by atoms with van der Waals surface area (Å²) in [7, 11) is 0. The summed E-state index contributed by atoms with van der Waals surface area (Å²) in [6.45, 7) is 6.99. The normalized spacial score (nSPS) is 26.1. The Hall–Kier alpha value is -1.06. The molecule has 120 valence electrons. The molecule has 0 aromatic carbocycles. The van der Waals surface area contributed by atoms with Gasteiger partial charge in [0.1, 0.15) is 0 Å². The van der Waals surface area contributed by atoms with Gasteiger partial charge in [0, 0.05) is 31.5 Å². The molecule has 4 nitrogen and oxygen atoms in total. The van der Waals surface area contributed by atoms with Gasteiger partial charge in [-0.25, -0.2) is 0 Å². The quantitative estimate of drug-likeness (QED) is 0.847. The summed E-state index contributed by atoms with van der Waals surface area (Å²) in [6, 6.07) is 0. The van der Waals surface area contributed by atoms with Crippen LogP contribution in [-0.4, -0.2) is 36.3 Å². The highest BCUT2D eigenvalue weighted by molar-refractivity contribution is 5.81. The Kier molecular flexibility index (Phi) is 6.07. The smallest absolute Gasteiger partial charge is 0.225 e. The first-order chi connectivity index (χ1) is 10.1. The lowest BCUT2D eigenvalue weighted by Crippen LogP contribution is -2.39. The molecule has 2 aliphatic rings. The van der Waals surface area contributed by atoms with Crippen molar-refractivity contribution in [3.63, 3.8) is 0 Å². The third-order valence-electron chi connectivity index (χ3n) is 4.89. The van der Waals surface area contributed by atoms with Gasteiger partial charge in [0.25, 0.3) is 0 Å². The molecule has 0 aromatic rings. The molecule has 0 spiro atoms. The van der Waals surface area contributed by atoms with Gasteiger partial charge < -0.3 is 10.2 Å². The topological polar surface area (TPSA) is 49.4 Å². The molecule has 2 amide bonds. The van der Waals surface area contributed by atoms with E-state index in [1.54, 1.807) is 0 Å². The van der Waals surface area contributed by atoms with Crippen LogP contribution in [0.3, 0.4) is 0 Å². The van der Waals surface area contributed by atoms with Crippen molar-refractivity contribution in [3.05, 3.63) is 0 Å². The summed E-state index contributed by atoms with van der Waals surface area (Å²) < 4.78 is 0. The second-order valence-electron chi connectivity index (χ2n) is 7.05. The maximum Gasteiger partial charge on any atom is 0.225 e. The first kappa shape index (κ1) is 16.3. The molecular weight excluding hydrogens is 264 g/mol. The van der Waals surface area contributed by atoms with Crippen LogP contribution >= 0.6 is 0 Å². The fraction of sp³-hybridized carbons (Fsp3) is 0.882. The van der Waals surface area contributed by atoms with Gasteiger partial charge >= 0.3 is 0 Å². The molecule has 1 heterocycles. The van der Waals surface area contributed by atoms with E-state index in [9.17, 15) is 9.59 Å². The van der Waals surface area contributed by atoms with Gasteiger partial charge in [-0.05, 0) is 50.9 Å². The number of rotatable bonds is 5. The molecule has 1 aliphatic heterocycles.